The van der Waals surface area contributed by atoms with Crippen LogP contribution in [0.1, 0.15) is 44.6 Å². The highest BCUT2D eigenvalue weighted by Gasteiger charge is 2.30. The van der Waals surface area contributed by atoms with Gasteiger partial charge in [0.05, 0.1) is 0 Å². The predicted molar refractivity (Wildman–Crippen MR) is 142 cm³/mol. The monoisotopic (exact) mass is 527 g/mol. The minimum absolute atomic E-state index is 0.104. The molecule has 0 spiro atoms. The first kappa shape index (κ1) is 26.7. The maximum absolute atomic E-state index is 13.3. The summed E-state index contributed by atoms with van der Waals surface area (Å²) in [6, 6.07) is 11.5. The summed E-state index contributed by atoms with van der Waals surface area (Å²) in [6.07, 6.45) is 5.18. The number of amides is 3. The Balaban J connectivity index is 1.39. The molecule has 3 amide bonds. The van der Waals surface area contributed by atoms with E-state index < -0.39 is 28.7 Å². The van der Waals surface area contributed by atoms with Gasteiger partial charge in [0.2, 0.25) is 24.5 Å². The highest BCUT2D eigenvalue weighted by molar-refractivity contribution is 7.86. The molecule has 1 saturated carbocycles. The number of nitrogens with zero attached hydrogens (tertiary/aromatic N) is 1. The van der Waals surface area contributed by atoms with E-state index in [2.05, 4.69) is 10.6 Å². The molecule has 0 aromatic heterocycles. The molecule has 1 heterocycles. The summed E-state index contributed by atoms with van der Waals surface area (Å²) in [5.41, 5.74) is 2.04. The van der Waals surface area contributed by atoms with E-state index in [9.17, 15) is 18.6 Å². The Hall–Kier alpha value is -3.40. The molecule has 10 heteroatoms. The van der Waals surface area contributed by atoms with Crippen molar-refractivity contribution in [3.63, 3.8) is 0 Å². The largest absolute Gasteiger partial charge is 0.454 e. The molecule has 2 aromatic carbocycles. The third-order valence-corrected chi connectivity index (χ3v) is 7.69. The lowest BCUT2D eigenvalue weighted by molar-refractivity contribution is -0.126. The van der Waals surface area contributed by atoms with Crippen LogP contribution in [0.4, 0.5) is 11.4 Å². The van der Waals surface area contributed by atoms with E-state index >= 15 is 0 Å². The van der Waals surface area contributed by atoms with Crippen LogP contribution in [0.25, 0.3) is 0 Å². The lowest BCUT2D eigenvalue weighted by atomic mass is 9.95. The van der Waals surface area contributed by atoms with Crippen molar-refractivity contribution in [1.29, 1.82) is 0 Å². The van der Waals surface area contributed by atoms with Gasteiger partial charge >= 0.3 is 0 Å². The molecular weight excluding hydrogens is 494 g/mol. The van der Waals surface area contributed by atoms with Crippen LogP contribution in [0.15, 0.2) is 42.5 Å². The number of carbonyl (C=O) groups excluding carboxylic acids is 3. The van der Waals surface area contributed by atoms with E-state index in [1.807, 2.05) is 19.1 Å². The Kier molecular flexibility index (Phi) is 8.81. The van der Waals surface area contributed by atoms with Crippen LogP contribution in [-0.4, -0.2) is 52.3 Å². The molecule has 0 saturated heterocycles. The average Bonchev–Trinajstić information content (AvgIpc) is 3.33. The summed E-state index contributed by atoms with van der Waals surface area (Å²) < 4.78 is 23.4. The van der Waals surface area contributed by atoms with Crippen molar-refractivity contribution in [3.8, 4) is 11.5 Å². The number of benzene rings is 2. The summed E-state index contributed by atoms with van der Waals surface area (Å²) in [7, 11) is -1.78. The molecule has 2 aliphatic rings. The molecule has 37 heavy (non-hydrogen) atoms. The van der Waals surface area contributed by atoms with Crippen molar-refractivity contribution in [1.82, 2.24) is 5.32 Å². The number of anilines is 2. The maximum Gasteiger partial charge on any atom is 0.243 e. The van der Waals surface area contributed by atoms with E-state index in [4.69, 9.17) is 9.47 Å². The molecule has 9 nitrogen and oxygen atoms in total. The summed E-state index contributed by atoms with van der Waals surface area (Å²) in [6.45, 7) is 3.72. The van der Waals surface area contributed by atoms with Crippen molar-refractivity contribution >= 4 is 39.9 Å². The van der Waals surface area contributed by atoms with Gasteiger partial charge in [-0.3, -0.25) is 23.5 Å². The van der Waals surface area contributed by atoms with Gasteiger partial charge in [-0.1, -0.05) is 37.0 Å². The summed E-state index contributed by atoms with van der Waals surface area (Å²) in [5.74, 6) is -0.853. The second kappa shape index (κ2) is 12.2. The van der Waals surface area contributed by atoms with Crippen LogP contribution in [0.3, 0.4) is 0 Å². The Morgan fingerprint density at radius 2 is 1.70 bits per heavy atom. The van der Waals surface area contributed by atoms with Crippen LogP contribution >= 0.6 is 0 Å². The number of aryl methyl sites for hydroxylation is 1. The highest BCUT2D eigenvalue weighted by atomic mass is 32.2. The molecular formula is C27H33N3O6S. The SMILES string of the molecule is Cc1ccc(N(C(=O)C[S@](=O)CC(=O)Nc2ccc3c(c2)OCO3)[C@H](C)C(=O)NC2CCCCC2)cc1. The highest BCUT2D eigenvalue weighted by Crippen LogP contribution is 2.34. The quantitative estimate of drug-likeness (QED) is 0.517. The molecule has 2 atom stereocenters. The summed E-state index contributed by atoms with van der Waals surface area (Å²) in [5, 5.41) is 5.75. The average molecular weight is 528 g/mol. The third-order valence-electron chi connectivity index (χ3n) is 6.53. The van der Waals surface area contributed by atoms with Gasteiger partial charge in [-0.05, 0) is 51.0 Å². The standard InChI is InChI=1S/C27H33N3O6S/c1-18-8-11-22(12-9-18)30(19(2)27(33)29-20-6-4-3-5-7-20)26(32)16-37(34)15-25(31)28-21-10-13-23-24(14-21)36-17-35-23/h8-14,19-20H,3-7,15-17H2,1-2H3,(H,28,31)(H,29,33)/t19-,37-/m1/s1. The Labute approximate surface area is 219 Å². The van der Waals surface area contributed by atoms with Crippen molar-refractivity contribution in [2.45, 2.75) is 58.0 Å². The third kappa shape index (κ3) is 7.09. The van der Waals surface area contributed by atoms with Gasteiger partial charge < -0.3 is 20.1 Å². The van der Waals surface area contributed by atoms with Crippen LogP contribution < -0.4 is 25.0 Å². The first-order valence-corrected chi connectivity index (χ1v) is 14.0. The Morgan fingerprint density at radius 1 is 1.00 bits per heavy atom. The Morgan fingerprint density at radius 3 is 2.43 bits per heavy atom. The minimum atomic E-state index is -1.78. The zero-order valence-electron chi connectivity index (χ0n) is 21.2. The van der Waals surface area contributed by atoms with Crippen LogP contribution in [0.5, 0.6) is 11.5 Å². The molecule has 2 N–H and O–H groups in total. The number of nitrogens with one attached hydrogen (secondary N) is 2. The fourth-order valence-corrected chi connectivity index (χ4v) is 5.43. The van der Waals surface area contributed by atoms with Gasteiger partial charge in [0.15, 0.2) is 11.5 Å². The minimum Gasteiger partial charge on any atom is -0.454 e. The van der Waals surface area contributed by atoms with Crippen LogP contribution in [0, 0.1) is 6.92 Å². The van der Waals surface area contributed by atoms with E-state index in [0.29, 0.717) is 22.9 Å². The van der Waals surface area contributed by atoms with Gasteiger partial charge in [0.25, 0.3) is 0 Å². The van der Waals surface area contributed by atoms with Crippen LogP contribution in [-0.2, 0) is 25.2 Å². The fourth-order valence-electron chi connectivity index (χ4n) is 4.55. The molecule has 1 aliphatic carbocycles. The molecule has 0 unspecified atom stereocenters. The number of hydrogen-bond acceptors (Lipinski definition) is 6. The number of rotatable bonds is 9. The fraction of sp³-hybridized carbons (Fsp3) is 0.444. The summed E-state index contributed by atoms with van der Waals surface area (Å²) >= 11 is 0. The zero-order valence-corrected chi connectivity index (χ0v) is 22.0. The maximum atomic E-state index is 13.3. The number of ether oxygens (including phenoxy) is 2. The second-order valence-corrected chi connectivity index (χ2v) is 10.9. The second-order valence-electron chi connectivity index (χ2n) is 9.46. The van der Waals surface area contributed by atoms with Gasteiger partial charge in [0.1, 0.15) is 17.5 Å². The first-order valence-electron chi connectivity index (χ1n) is 12.5. The van der Waals surface area contributed by atoms with Crippen molar-refractivity contribution in [2.75, 3.05) is 28.5 Å². The zero-order chi connectivity index (χ0) is 26.4. The topological polar surface area (TPSA) is 114 Å². The predicted octanol–water partition coefficient (Wildman–Crippen LogP) is 3.28. The van der Waals surface area contributed by atoms with Gasteiger partial charge in [0, 0.05) is 34.3 Å². The van der Waals surface area contributed by atoms with Crippen molar-refractivity contribution < 1.29 is 28.1 Å². The van der Waals surface area contributed by atoms with E-state index in [1.165, 1.54) is 11.3 Å². The van der Waals surface area contributed by atoms with Crippen molar-refractivity contribution in [3.05, 3.63) is 48.0 Å². The number of fused-ring (bicyclic) bond motifs is 1. The molecule has 4 rings (SSSR count). The smallest absolute Gasteiger partial charge is 0.243 e. The lowest BCUT2D eigenvalue weighted by Crippen LogP contribution is -2.52. The first-order chi connectivity index (χ1) is 17.8. The summed E-state index contributed by atoms with van der Waals surface area (Å²) in [4.78, 5) is 40.3. The lowest BCUT2D eigenvalue weighted by Gasteiger charge is -2.31. The number of carbonyl (C=O) groups is 3. The molecule has 0 radical (unpaired) electrons. The molecule has 0 bridgehead atoms. The Bertz CT molecular complexity index is 1160. The normalized spacial score (nSPS) is 16.5. The van der Waals surface area contributed by atoms with E-state index in [0.717, 1.165) is 31.2 Å². The molecule has 2 aromatic rings. The molecule has 1 aliphatic heterocycles. The van der Waals surface area contributed by atoms with Gasteiger partial charge in [-0.15, -0.1) is 0 Å². The van der Waals surface area contributed by atoms with Gasteiger partial charge in [-0.2, -0.15) is 0 Å². The molecule has 198 valence electrons. The molecule has 1 fully saturated rings. The van der Waals surface area contributed by atoms with Gasteiger partial charge in [-0.25, -0.2) is 0 Å². The van der Waals surface area contributed by atoms with Crippen molar-refractivity contribution in [2.24, 2.45) is 0 Å². The number of hydrogen-bond donors (Lipinski definition) is 2. The van der Waals surface area contributed by atoms with E-state index in [-0.39, 0.29) is 30.2 Å². The van der Waals surface area contributed by atoms with E-state index in [1.54, 1.807) is 37.3 Å². The van der Waals surface area contributed by atoms with Crippen LogP contribution in [0.2, 0.25) is 0 Å².